The molecule has 0 aromatic rings. The highest BCUT2D eigenvalue weighted by molar-refractivity contribution is 5.87. The largest absolute Gasteiger partial charge is 0.480 e. The van der Waals surface area contributed by atoms with Gasteiger partial charge in [-0.15, -0.1) is 0 Å². The second-order valence-corrected chi connectivity index (χ2v) is 16.9. The Hall–Kier alpha value is -2.94. The average molecular weight is 845 g/mol. The molecular weight excluding hydrogens is 753 g/mol. The van der Waals surface area contributed by atoms with Crippen LogP contribution >= 0.6 is 0 Å². The third-order valence-corrected chi connectivity index (χ3v) is 11.1. The Morgan fingerprint density at radius 2 is 0.917 bits per heavy atom. The number of carboxylic acids is 1. The fourth-order valence-electron chi connectivity index (χ4n) is 7.28. The lowest BCUT2D eigenvalue weighted by Crippen LogP contribution is -2.47. The van der Waals surface area contributed by atoms with Crippen LogP contribution in [0.1, 0.15) is 239 Å². The summed E-state index contributed by atoms with van der Waals surface area (Å²) < 4.78 is 6.03. The second-order valence-electron chi connectivity index (χ2n) is 16.9. The first-order chi connectivity index (χ1) is 29.3. The van der Waals surface area contributed by atoms with E-state index in [1.807, 2.05) is 0 Å². The third-order valence-electron chi connectivity index (χ3n) is 11.1. The van der Waals surface area contributed by atoms with Crippen molar-refractivity contribution in [3.63, 3.8) is 0 Å². The minimum atomic E-state index is -1.39. The number of esters is 1. The minimum Gasteiger partial charge on any atom is -0.480 e. The molecule has 0 aromatic carbocycles. The van der Waals surface area contributed by atoms with Crippen molar-refractivity contribution in [2.75, 3.05) is 13.2 Å². The summed E-state index contributed by atoms with van der Waals surface area (Å²) in [6, 6.07) is -1.39. The van der Waals surface area contributed by atoms with E-state index < -0.39 is 24.5 Å². The van der Waals surface area contributed by atoms with E-state index in [2.05, 4.69) is 60.9 Å². The van der Waals surface area contributed by atoms with E-state index in [0.717, 1.165) is 70.6 Å². The Kier molecular flexibility index (Phi) is 43.4. The van der Waals surface area contributed by atoms with E-state index in [4.69, 9.17) is 14.9 Å². The molecule has 0 aromatic heterocycles. The summed E-state index contributed by atoms with van der Waals surface area (Å²) >= 11 is 0. The molecule has 9 heteroatoms. The molecule has 2 amide bonds. The Morgan fingerprint density at radius 3 is 1.42 bits per heavy atom. The Morgan fingerprint density at radius 1 is 0.500 bits per heavy atom. The number of amides is 2. The number of allylic oxidation sites excluding steroid dienone is 6. The van der Waals surface area contributed by atoms with E-state index in [1.54, 1.807) is 0 Å². The van der Waals surface area contributed by atoms with Crippen LogP contribution in [-0.4, -0.2) is 59.3 Å². The molecule has 60 heavy (non-hydrogen) atoms. The van der Waals surface area contributed by atoms with Crippen molar-refractivity contribution >= 4 is 23.8 Å². The number of carbonyl (C=O) groups excluding carboxylic acids is 3. The highest BCUT2D eigenvalue weighted by Crippen LogP contribution is 2.18. The monoisotopic (exact) mass is 845 g/mol. The van der Waals surface area contributed by atoms with Crippen LogP contribution in [0.5, 0.6) is 0 Å². The van der Waals surface area contributed by atoms with Gasteiger partial charge < -0.3 is 25.6 Å². The van der Waals surface area contributed by atoms with Crippen LogP contribution in [0.15, 0.2) is 36.5 Å². The molecule has 0 radical (unpaired) electrons. The summed E-state index contributed by atoms with van der Waals surface area (Å²) in [6.07, 6.45) is 53.2. The van der Waals surface area contributed by atoms with Gasteiger partial charge in [-0.25, -0.2) is 4.79 Å². The average Bonchev–Trinajstić information content (AvgIpc) is 3.23. The third kappa shape index (κ3) is 41.8. The zero-order valence-electron chi connectivity index (χ0n) is 38.7. The molecule has 0 heterocycles. The number of hydrogen-bond donors (Lipinski definition) is 4. The fraction of sp³-hybridized carbons (Fsp3) is 0.804. The lowest BCUT2D eigenvalue weighted by atomic mass is 10.0. The van der Waals surface area contributed by atoms with Crippen molar-refractivity contribution in [2.24, 2.45) is 0 Å². The topological polar surface area (TPSA) is 142 Å². The van der Waals surface area contributed by atoms with Crippen LogP contribution in [0, 0.1) is 0 Å². The van der Waals surface area contributed by atoms with Crippen LogP contribution in [0.25, 0.3) is 0 Å². The summed E-state index contributed by atoms with van der Waals surface area (Å²) in [7, 11) is 0. The highest BCUT2D eigenvalue weighted by atomic mass is 16.5. The van der Waals surface area contributed by atoms with Gasteiger partial charge in [0.15, 0.2) is 0 Å². The maximum absolute atomic E-state index is 12.9. The Balaban J connectivity index is 4.32. The molecule has 0 bridgehead atoms. The van der Waals surface area contributed by atoms with E-state index in [0.29, 0.717) is 12.8 Å². The molecule has 0 saturated carbocycles. The molecule has 348 valence electrons. The molecular formula is C51H92N2O7. The normalized spacial score (nSPS) is 12.7. The number of rotatable bonds is 45. The van der Waals surface area contributed by atoms with Gasteiger partial charge in [0, 0.05) is 12.8 Å². The zero-order chi connectivity index (χ0) is 44.0. The number of carboxylic acid groups (broad SMARTS) is 1. The summed E-state index contributed by atoms with van der Waals surface area (Å²) in [6.45, 7) is 3.48. The molecule has 2 atom stereocenters. The first-order valence-corrected chi connectivity index (χ1v) is 24.9. The summed E-state index contributed by atoms with van der Waals surface area (Å²) in [5.74, 6) is -2.32. The first kappa shape index (κ1) is 57.1. The van der Waals surface area contributed by atoms with Crippen LogP contribution in [0.4, 0.5) is 0 Å². The number of aliphatic hydroxyl groups is 1. The number of hydrogen-bond acceptors (Lipinski definition) is 6. The van der Waals surface area contributed by atoms with Gasteiger partial charge in [-0.05, 0) is 89.9 Å². The van der Waals surface area contributed by atoms with Crippen molar-refractivity contribution < 1.29 is 34.1 Å². The number of aliphatic carboxylic acids is 1. The molecule has 0 rings (SSSR count). The predicted molar refractivity (Wildman–Crippen MR) is 250 cm³/mol. The summed E-state index contributed by atoms with van der Waals surface area (Å²) in [5.41, 5.74) is 0. The lowest BCUT2D eigenvalue weighted by molar-refractivity contribution is -0.150. The maximum atomic E-state index is 12.9. The van der Waals surface area contributed by atoms with Gasteiger partial charge in [0.1, 0.15) is 12.1 Å². The van der Waals surface area contributed by atoms with Crippen molar-refractivity contribution in [1.82, 2.24) is 10.6 Å². The molecule has 0 fully saturated rings. The lowest BCUT2D eigenvalue weighted by Gasteiger charge is -2.18. The molecule has 2 unspecified atom stereocenters. The minimum absolute atomic E-state index is 0.0576. The van der Waals surface area contributed by atoms with Crippen molar-refractivity contribution in [3.05, 3.63) is 36.5 Å². The maximum Gasteiger partial charge on any atom is 0.328 e. The molecule has 0 aliphatic rings. The molecule has 0 aliphatic carbocycles. The van der Waals surface area contributed by atoms with E-state index >= 15 is 0 Å². The Labute approximate surface area is 367 Å². The molecule has 4 N–H and O–H groups in total. The van der Waals surface area contributed by atoms with Gasteiger partial charge >= 0.3 is 11.9 Å². The van der Waals surface area contributed by atoms with Crippen molar-refractivity contribution in [3.8, 4) is 0 Å². The van der Waals surface area contributed by atoms with Gasteiger partial charge in [-0.3, -0.25) is 14.4 Å². The number of ether oxygens (including phenoxy) is 1. The second kappa shape index (κ2) is 45.6. The molecule has 0 spiro atoms. The number of aliphatic hydroxyl groups excluding tert-OH is 1. The standard InChI is InChI=1S/C51H92N2O7/c1-3-5-7-9-11-13-15-17-18-19-20-21-22-24-26-28-30-35-39-43-50(57)60-46(40-36-32-29-27-25-23-16-14-12-10-8-6-4-2)41-37-33-31-34-38-42-48(55)52-44-49(56)53-47(45-54)51(58)59/h16-18,23,27,29,46-47,54H,3-15,19-22,24-26,28,30-45H2,1-2H3,(H,52,55)(H,53,56)(H,58,59)/b18-17-,23-16-,29-27-. The zero-order valence-corrected chi connectivity index (χ0v) is 38.7. The van der Waals surface area contributed by atoms with Crippen LogP contribution in [0.3, 0.4) is 0 Å². The number of carbonyl (C=O) groups is 4. The van der Waals surface area contributed by atoms with Gasteiger partial charge in [0.2, 0.25) is 11.8 Å². The quantitative estimate of drug-likeness (QED) is 0.0272. The molecule has 0 aliphatic heterocycles. The van der Waals surface area contributed by atoms with Crippen molar-refractivity contribution in [1.29, 1.82) is 0 Å². The van der Waals surface area contributed by atoms with Gasteiger partial charge in [-0.1, -0.05) is 172 Å². The van der Waals surface area contributed by atoms with E-state index in [9.17, 15) is 19.2 Å². The Bertz CT molecular complexity index is 1110. The summed E-state index contributed by atoms with van der Waals surface area (Å²) in [4.78, 5) is 47.7. The van der Waals surface area contributed by atoms with Gasteiger partial charge in [-0.2, -0.15) is 0 Å². The van der Waals surface area contributed by atoms with Crippen LogP contribution < -0.4 is 10.6 Å². The summed E-state index contributed by atoms with van der Waals surface area (Å²) in [5, 5.41) is 22.6. The number of unbranched alkanes of at least 4 members (excludes halogenated alkanes) is 25. The molecule has 0 saturated heterocycles. The molecule has 9 nitrogen and oxygen atoms in total. The van der Waals surface area contributed by atoms with E-state index in [-0.39, 0.29) is 30.9 Å². The SMILES string of the molecule is CCCCCCC/C=C\C/C=C\CCCC(CCCCCCCC(=O)NCC(=O)NC(CO)C(=O)O)OC(=O)CCCCCCCCCCC/C=C\CCCCCCCC. The van der Waals surface area contributed by atoms with Crippen molar-refractivity contribution in [2.45, 2.75) is 251 Å². The predicted octanol–water partition coefficient (Wildman–Crippen LogP) is 12.9. The van der Waals surface area contributed by atoms with Crippen LogP contribution in [-0.2, 0) is 23.9 Å². The smallest absolute Gasteiger partial charge is 0.328 e. The first-order valence-electron chi connectivity index (χ1n) is 24.9. The highest BCUT2D eigenvalue weighted by Gasteiger charge is 2.19. The van der Waals surface area contributed by atoms with Gasteiger partial charge in [0.05, 0.1) is 13.2 Å². The number of nitrogens with one attached hydrogen (secondary N) is 2. The van der Waals surface area contributed by atoms with E-state index in [1.165, 1.54) is 135 Å². The fourth-order valence-corrected chi connectivity index (χ4v) is 7.28. The van der Waals surface area contributed by atoms with Crippen LogP contribution in [0.2, 0.25) is 0 Å². The van der Waals surface area contributed by atoms with Gasteiger partial charge in [0.25, 0.3) is 0 Å².